The number of rotatable bonds is 14. The van der Waals surface area contributed by atoms with Crippen molar-refractivity contribution in [3.05, 3.63) is 520 Å². The Morgan fingerprint density at radius 3 is 0.760 bits per heavy atom. The SMILES string of the molecule is CC1(C)c2cc(N(c3ccc(-c4ccc(-c5ccc6c(c5)c5ccccc5n6-c5ccccc5)cc4)cc3)c3cccc4c3oc3ccccc34)ccc2-c2ccc(-n3c4ccccc4c4ccccc43)cc21.CC1(C)c2cc(N(c3ccc(-c4ccc(-c5ccc6c(c5)c5ccccc5n6-c5ccccc5)cc4)cc3)c3cccc4c3oc3ccccc34)ccc2-c2ccc(-n3c4ccccc4c4ccccc43)cc21. The second kappa shape index (κ2) is 32.9. The van der Waals surface area contributed by atoms with Gasteiger partial charge < -0.3 is 36.9 Å². The van der Waals surface area contributed by atoms with E-state index in [1.54, 1.807) is 0 Å². The van der Waals surface area contributed by atoms with Crippen LogP contribution in [0, 0.1) is 0 Å². The molecule has 0 unspecified atom stereocenters. The molecule has 0 atom stereocenters. The first-order chi connectivity index (χ1) is 71.9. The van der Waals surface area contributed by atoms with E-state index in [2.05, 4.69) is 541 Å². The Balaban J connectivity index is 0.000000138. The first-order valence-electron chi connectivity index (χ1n) is 50.5. The van der Waals surface area contributed by atoms with Gasteiger partial charge in [0.25, 0.3) is 0 Å². The number of para-hydroxylation sites is 12. The maximum atomic E-state index is 6.76. The van der Waals surface area contributed by atoms with Gasteiger partial charge >= 0.3 is 0 Å². The van der Waals surface area contributed by atoms with Crippen LogP contribution in [0.4, 0.5) is 34.1 Å². The second-order valence-corrected chi connectivity index (χ2v) is 40.2. The van der Waals surface area contributed by atoms with Gasteiger partial charge in [-0.05, 0) is 271 Å². The minimum absolute atomic E-state index is 0.269. The summed E-state index contributed by atoms with van der Waals surface area (Å²) < 4.78 is 23.1. The molecule has 2 aliphatic rings. The van der Waals surface area contributed by atoms with Gasteiger partial charge in [-0.25, -0.2) is 0 Å². The number of aromatic nitrogens is 4. The van der Waals surface area contributed by atoms with E-state index >= 15 is 0 Å². The van der Waals surface area contributed by atoms with Crippen molar-refractivity contribution in [2.24, 2.45) is 0 Å². The topological polar surface area (TPSA) is 52.5 Å². The molecule has 688 valence electrons. The molecule has 146 heavy (non-hydrogen) atoms. The van der Waals surface area contributed by atoms with Gasteiger partial charge in [-0.15, -0.1) is 0 Å². The van der Waals surface area contributed by atoms with E-state index in [1.807, 2.05) is 12.1 Å². The molecule has 30 rings (SSSR count). The minimum Gasteiger partial charge on any atom is -0.454 e. The van der Waals surface area contributed by atoms with Crippen molar-refractivity contribution >= 4 is 165 Å². The maximum Gasteiger partial charge on any atom is 0.159 e. The van der Waals surface area contributed by atoms with Gasteiger partial charge in [0, 0.05) is 121 Å². The van der Waals surface area contributed by atoms with E-state index in [0.717, 1.165) is 89.1 Å². The van der Waals surface area contributed by atoms with Crippen molar-refractivity contribution in [2.45, 2.75) is 38.5 Å². The van der Waals surface area contributed by atoms with Gasteiger partial charge in [-0.1, -0.05) is 343 Å². The molecule has 0 amide bonds. The van der Waals surface area contributed by atoms with Crippen molar-refractivity contribution in [2.75, 3.05) is 9.80 Å². The first kappa shape index (κ1) is 84.1. The van der Waals surface area contributed by atoms with E-state index in [9.17, 15) is 0 Å². The predicted molar refractivity (Wildman–Crippen MR) is 611 cm³/mol. The lowest BCUT2D eigenvalue weighted by Gasteiger charge is -2.28. The van der Waals surface area contributed by atoms with E-state index in [-0.39, 0.29) is 10.8 Å². The fourth-order valence-corrected chi connectivity index (χ4v) is 24.4. The van der Waals surface area contributed by atoms with Crippen molar-refractivity contribution in [1.82, 2.24) is 18.3 Å². The normalized spacial score (nSPS) is 12.9. The third kappa shape index (κ3) is 13.2. The van der Waals surface area contributed by atoms with Gasteiger partial charge in [-0.2, -0.15) is 0 Å². The summed E-state index contributed by atoms with van der Waals surface area (Å²) in [6, 6.07) is 182. The van der Waals surface area contributed by atoms with Crippen molar-refractivity contribution in [3.8, 4) is 89.5 Å². The molecule has 6 aromatic heterocycles. The summed E-state index contributed by atoms with van der Waals surface area (Å²) in [6.07, 6.45) is 0. The molecule has 0 bridgehead atoms. The maximum absolute atomic E-state index is 6.76. The van der Waals surface area contributed by atoms with Crippen LogP contribution in [0.15, 0.2) is 506 Å². The summed E-state index contributed by atoms with van der Waals surface area (Å²) in [4.78, 5) is 4.76. The molecular weight excluding hydrogens is 1770 g/mol. The van der Waals surface area contributed by atoms with Gasteiger partial charge in [0.2, 0.25) is 0 Å². The molecule has 0 radical (unpaired) electrons. The number of hydrogen-bond acceptors (Lipinski definition) is 4. The molecule has 0 saturated carbocycles. The second-order valence-electron chi connectivity index (χ2n) is 40.2. The zero-order valence-corrected chi connectivity index (χ0v) is 80.8. The van der Waals surface area contributed by atoms with Crippen molar-refractivity contribution in [3.63, 3.8) is 0 Å². The Labute approximate surface area is 843 Å². The average Bonchev–Trinajstić information content (AvgIpc) is 1.56. The Hall–Kier alpha value is -18.8. The van der Waals surface area contributed by atoms with Crippen LogP contribution in [0.1, 0.15) is 49.9 Å². The molecule has 0 N–H and O–H groups in total. The van der Waals surface area contributed by atoms with E-state index < -0.39 is 0 Å². The number of nitrogens with zero attached hydrogens (tertiary/aromatic N) is 6. The Morgan fingerprint density at radius 2 is 0.418 bits per heavy atom. The van der Waals surface area contributed by atoms with Crippen LogP contribution in [-0.2, 0) is 10.8 Å². The predicted octanol–water partition coefficient (Wildman–Crippen LogP) is 37.8. The van der Waals surface area contributed by atoms with Crippen LogP contribution in [0.2, 0.25) is 0 Å². The highest BCUT2D eigenvalue weighted by Crippen LogP contribution is 2.56. The summed E-state index contributed by atoms with van der Waals surface area (Å²) in [6.45, 7) is 9.52. The highest BCUT2D eigenvalue weighted by molar-refractivity contribution is 6.16. The molecule has 0 saturated heterocycles. The highest BCUT2D eigenvalue weighted by Gasteiger charge is 2.40. The van der Waals surface area contributed by atoms with Gasteiger partial charge in [0.05, 0.1) is 55.5 Å². The summed E-state index contributed by atoms with van der Waals surface area (Å²) in [7, 11) is 0. The summed E-state index contributed by atoms with van der Waals surface area (Å²) in [5, 5.41) is 14.5. The zero-order chi connectivity index (χ0) is 96.7. The molecule has 8 nitrogen and oxygen atoms in total. The summed E-state index contributed by atoms with van der Waals surface area (Å²) >= 11 is 0. The Kier molecular flexibility index (Phi) is 19.0. The molecule has 8 heteroatoms. The number of furan rings is 2. The third-order valence-corrected chi connectivity index (χ3v) is 31.5. The van der Waals surface area contributed by atoms with Gasteiger partial charge in [0.15, 0.2) is 11.2 Å². The molecule has 22 aromatic carbocycles. The number of anilines is 6. The molecule has 28 aromatic rings. The van der Waals surface area contributed by atoms with Crippen LogP contribution in [-0.4, -0.2) is 18.3 Å². The van der Waals surface area contributed by atoms with Gasteiger partial charge in [-0.3, -0.25) is 0 Å². The molecule has 0 fully saturated rings. The fraction of sp³-hybridized carbons (Fsp3) is 0.0435. The van der Waals surface area contributed by atoms with Crippen LogP contribution in [0.3, 0.4) is 0 Å². The summed E-state index contributed by atoms with van der Waals surface area (Å²) in [5.74, 6) is 0. The highest BCUT2D eigenvalue weighted by atomic mass is 16.3. The quantitative estimate of drug-likeness (QED) is 0.109. The number of fused-ring (bicyclic) bond motifs is 24. The monoisotopic (exact) mass is 1870 g/mol. The van der Waals surface area contributed by atoms with E-state index in [1.165, 1.54) is 188 Å². The zero-order valence-electron chi connectivity index (χ0n) is 80.8. The standard InChI is InChI=1S/2C69H47N3O/c2*1-69(2)60-42-50(36-38-52(60)53-39-37-51(43-61(53)69)72-62-22-10-6-17-54(62)55-18-7-11-23-63(55)72)70(66-25-14-21-58-57-20-9-13-26-67(57)73-68(58)66)49-34-31-45(32-35-49)44-27-29-46(30-28-44)47-33-40-65-59(41-47)56-19-8-12-24-64(56)71(65)48-15-4-3-5-16-48/h2*3-43H,1-2H3. The fourth-order valence-electron chi connectivity index (χ4n) is 24.4. The third-order valence-electron chi connectivity index (χ3n) is 31.5. The van der Waals surface area contributed by atoms with Crippen LogP contribution in [0.5, 0.6) is 0 Å². The molecule has 2 aliphatic carbocycles. The molecule has 0 spiro atoms. The minimum atomic E-state index is -0.269. The lowest BCUT2D eigenvalue weighted by molar-refractivity contribution is 0.659. The largest absolute Gasteiger partial charge is 0.454 e. The smallest absolute Gasteiger partial charge is 0.159 e. The summed E-state index contributed by atoms with van der Waals surface area (Å²) in [5.41, 5.74) is 43.4. The van der Waals surface area contributed by atoms with Gasteiger partial charge in [0.1, 0.15) is 11.2 Å². The average molecular weight is 1870 g/mol. The van der Waals surface area contributed by atoms with Crippen molar-refractivity contribution < 1.29 is 8.83 Å². The number of benzene rings is 22. The van der Waals surface area contributed by atoms with Crippen LogP contribution < -0.4 is 9.80 Å². The Bertz CT molecular complexity index is 9500. The van der Waals surface area contributed by atoms with Crippen molar-refractivity contribution in [1.29, 1.82) is 0 Å². The lowest BCUT2D eigenvalue weighted by atomic mass is 9.82. The van der Waals surface area contributed by atoms with E-state index in [0.29, 0.717) is 0 Å². The molecule has 6 heterocycles. The van der Waals surface area contributed by atoms with Crippen LogP contribution >= 0.6 is 0 Å². The first-order valence-corrected chi connectivity index (χ1v) is 50.5. The van der Waals surface area contributed by atoms with E-state index in [4.69, 9.17) is 8.83 Å². The number of hydrogen-bond donors (Lipinski definition) is 0. The Morgan fingerprint density at radius 1 is 0.171 bits per heavy atom. The van der Waals surface area contributed by atoms with Crippen LogP contribution in [0.25, 0.3) is 221 Å². The molecular formula is C138H94N6O2. The molecule has 0 aliphatic heterocycles. The lowest BCUT2D eigenvalue weighted by Crippen LogP contribution is -2.17.